The topological polar surface area (TPSA) is 119 Å². The molecule has 68 valence electrons. The molecule has 2 unspecified atom stereocenters. The quantitative estimate of drug-likeness (QED) is 0.251. The monoisotopic (exact) mass is 166 g/mol. The van der Waals surface area contributed by atoms with Gasteiger partial charge in [0.05, 0.1) is 12.6 Å². The van der Waals surface area contributed by atoms with Crippen molar-refractivity contribution in [3.8, 4) is 0 Å². The van der Waals surface area contributed by atoms with Gasteiger partial charge in [0.1, 0.15) is 6.23 Å². The van der Waals surface area contributed by atoms with Gasteiger partial charge in [0.2, 0.25) is 0 Å². The molecule has 0 aromatic heterocycles. The first-order chi connectivity index (χ1) is 4.81. The van der Waals surface area contributed by atoms with Crippen LogP contribution in [0.1, 0.15) is 13.3 Å². The third kappa shape index (κ3) is 7.66. The molecule has 0 aromatic carbocycles. The Morgan fingerprint density at radius 3 is 2.18 bits per heavy atom. The van der Waals surface area contributed by atoms with Crippen LogP contribution in [0.3, 0.4) is 0 Å². The van der Waals surface area contributed by atoms with Crippen LogP contribution >= 0.6 is 0 Å². The first-order valence-electron chi connectivity index (χ1n) is 3.18. The van der Waals surface area contributed by atoms with E-state index >= 15 is 0 Å². The van der Waals surface area contributed by atoms with Crippen LogP contribution in [0, 0.1) is 0 Å². The van der Waals surface area contributed by atoms with Crippen LogP contribution < -0.4 is 11.1 Å². The Balaban J connectivity index is 3.61. The summed E-state index contributed by atoms with van der Waals surface area (Å²) in [5, 5.41) is 36.4. The highest BCUT2D eigenvalue weighted by Crippen LogP contribution is 2.02. The van der Waals surface area contributed by atoms with Crippen LogP contribution in [0.15, 0.2) is 0 Å². The van der Waals surface area contributed by atoms with E-state index < -0.39 is 24.8 Å². The van der Waals surface area contributed by atoms with E-state index in [1.54, 1.807) is 6.92 Å². The summed E-state index contributed by atoms with van der Waals surface area (Å²) in [7, 11) is 0. The summed E-state index contributed by atoms with van der Waals surface area (Å²) in [6.07, 6.45) is -2.34. The maximum atomic E-state index is 8.88. The third-order valence-electron chi connectivity index (χ3n) is 0.922. The largest absolute Gasteiger partial charge is 0.378 e. The molecule has 0 saturated carbocycles. The van der Waals surface area contributed by atoms with Gasteiger partial charge in [-0.05, 0) is 6.92 Å². The molecule has 0 aliphatic heterocycles. The molecule has 0 rings (SSSR count). The minimum absolute atomic E-state index is 0.479. The van der Waals surface area contributed by atoms with Gasteiger partial charge in [0.15, 0.2) is 0 Å². The standard InChI is InChI=1S/C5H14N2O4/c1-3(6)7-4(8)2-5(9,10)11/h3-4,7-11H,2,6H2,1H3. The van der Waals surface area contributed by atoms with Crippen molar-refractivity contribution in [1.82, 2.24) is 5.32 Å². The molecule has 0 spiro atoms. The average Bonchev–Trinajstić information content (AvgIpc) is 1.53. The Kier molecular flexibility index (Phi) is 3.87. The minimum atomic E-state index is -2.86. The van der Waals surface area contributed by atoms with E-state index in [-0.39, 0.29) is 0 Å². The van der Waals surface area contributed by atoms with Gasteiger partial charge in [-0.3, -0.25) is 5.32 Å². The molecule has 0 radical (unpaired) electrons. The van der Waals surface area contributed by atoms with Gasteiger partial charge in [-0.25, -0.2) is 0 Å². The van der Waals surface area contributed by atoms with E-state index in [0.717, 1.165) is 0 Å². The predicted octanol–water partition coefficient (Wildman–Crippen LogP) is -2.78. The van der Waals surface area contributed by atoms with E-state index in [2.05, 4.69) is 5.32 Å². The summed E-state index contributed by atoms with van der Waals surface area (Å²) in [4.78, 5) is 0. The Bertz CT molecular complexity index is 112. The van der Waals surface area contributed by atoms with Gasteiger partial charge in [0, 0.05) is 0 Å². The molecule has 0 aliphatic rings. The number of nitrogens with two attached hydrogens (primary N) is 1. The number of hydrogen-bond donors (Lipinski definition) is 6. The normalized spacial score (nSPS) is 18.0. The van der Waals surface area contributed by atoms with Crippen LogP contribution in [0.5, 0.6) is 0 Å². The zero-order valence-corrected chi connectivity index (χ0v) is 6.23. The van der Waals surface area contributed by atoms with Crippen LogP contribution in [0.25, 0.3) is 0 Å². The van der Waals surface area contributed by atoms with E-state index in [0.29, 0.717) is 0 Å². The van der Waals surface area contributed by atoms with Crippen LogP contribution in [0.2, 0.25) is 0 Å². The van der Waals surface area contributed by atoms with E-state index in [4.69, 9.17) is 26.2 Å². The smallest absolute Gasteiger partial charge is 0.279 e. The second-order valence-corrected chi connectivity index (χ2v) is 2.45. The molecule has 0 bridgehead atoms. The number of hydrogen-bond acceptors (Lipinski definition) is 6. The fourth-order valence-corrected chi connectivity index (χ4v) is 0.622. The minimum Gasteiger partial charge on any atom is -0.378 e. The lowest BCUT2D eigenvalue weighted by molar-refractivity contribution is -0.323. The summed E-state index contributed by atoms with van der Waals surface area (Å²) in [6.45, 7) is 1.57. The van der Waals surface area contributed by atoms with Gasteiger partial charge in [-0.2, -0.15) is 0 Å². The maximum absolute atomic E-state index is 8.88. The van der Waals surface area contributed by atoms with Crippen molar-refractivity contribution in [2.45, 2.75) is 31.7 Å². The Morgan fingerprint density at radius 2 is 1.91 bits per heavy atom. The SMILES string of the molecule is CC(N)NC(O)CC(O)(O)O. The number of rotatable bonds is 4. The molecule has 6 nitrogen and oxygen atoms in total. The Hall–Kier alpha value is -0.240. The highest BCUT2D eigenvalue weighted by molar-refractivity contribution is 4.60. The molecule has 0 heterocycles. The average molecular weight is 166 g/mol. The third-order valence-corrected chi connectivity index (χ3v) is 0.922. The zero-order valence-electron chi connectivity index (χ0n) is 6.23. The first kappa shape index (κ1) is 10.8. The summed E-state index contributed by atoms with van der Waals surface area (Å²) >= 11 is 0. The summed E-state index contributed by atoms with van der Waals surface area (Å²) in [5.74, 6) is -2.86. The number of aliphatic hydroxyl groups excluding tert-OH is 1. The Morgan fingerprint density at radius 1 is 1.45 bits per heavy atom. The number of aliphatic hydroxyl groups is 4. The van der Waals surface area contributed by atoms with Crippen molar-refractivity contribution in [1.29, 1.82) is 0 Å². The summed E-state index contributed by atoms with van der Waals surface area (Å²) < 4.78 is 0. The van der Waals surface area contributed by atoms with Gasteiger partial charge in [-0.1, -0.05) is 0 Å². The number of nitrogens with one attached hydrogen (secondary N) is 1. The lowest BCUT2D eigenvalue weighted by Crippen LogP contribution is -2.46. The van der Waals surface area contributed by atoms with Crippen molar-refractivity contribution in [3.05, 3.63) is 0 Å². The lowest BCUT2D eigenvalue weighted by atomic mass is 10.3. The van der Waals surface area contributed by atoms with E-state index in [1.165, 1.54) is 0 Å². The molecule has 0 amide bonds. The van der Waals surface area contributed by atoms with Crippen molar-refractivity contribution in [3.63, 3.8) is 0 Å². The fraction of sp³-hybridized carbons (Fsp3) is 1.00. The van der Waals surface area contributed by atoms with Crippen LogP contribution in [-0.2, 0) is 0 Å². The second-order valence-electron chi connectivity index (χ2n) is 2.45. The summed E-state index contributed by atoms with van der Waals surface area (Å²) in [5.41, 5.74) is 5.20. The van der Waals surface area contributed by atoms with Crippen molar-refractivity contribution in [2.75, 3.05) is 0 Å². The van der Waals surface area contributed by atoms with Crippen LogP contribution in [-0.4, -0.2) is 38.8 Å². The Labute approximate surface area is 64.3 Å². The first-order valence-corrected chi connectivity index (χ1v) is 3.18. The predicted molar refractivity (Wildman–Crippen MR) is 36.8 cm³/mol. The fourth-order valence-electron chi connectivity index (χ4n) is 0.622. The molecular weight excluding hydrogens is 152 g/mol. The molecule has 0 fully saturated rings. The molecule has 6 heteroatoms. The van der Waals surface area contributed by atoms with Crippen molar-refractivity contribution < 1.29 is 20.4 Å². The van der Waals surface area contributed by atoms with Gasteiger partial charge >= 0.3 is 0 Å². The highest BCUT2D eigenvalue weighted by Gasteiger charge is 2.23. The van der Waals surface area contributed by atoms with Gasteiger partial charge in [-0.15, -0.1) is 0 Å². The van der Waals surface area contributed by atoms with E-state index in [1.807, 2.05) is 0 Å². The molecular formula is C5H14N2O4. The second kappa shape index (κ2) is 3.96. The van der Waals surface area contributed by atoms with Crippen molar-refractivity contribution >= 4 is 0 Å². The van der Waals surface area contributed by atoms with Gasteiger partial charge in [0.25, 0.3) is 5.97 Å². The molecule has 0 aliphatic carbocycles. The zero-order chi connectivity index (χ0) is 9.07. The van der Waals surface area contributed by atoms with Crippen molar-refractivity contribution in [2.24, 2.45) is 5.73 Å². The molecule has 11 heavy (non-hydrogen) atoms. The summed E-state index contributed by atoms with van der Waals surface area (Å²) in [6, 6.07) is 0. The lowest BCUT2D eigenvalue weighted by Gasteiger charge is -2.20. The molecule has 7 N–H and O–H groups in total. The van der Waals surface area contributed by atoms with Crippen LogP contribution in [0.4, 0.5) is 0 Å². The molecule has 0 aromatic rings. The molecule has 2 atom stereocenters. The highest BCUT2D eigenvalue weighted by atomic mass is 16.7. The van der Waals surface area contributed by atoms with Gasteiger partial charge < -0.3 is 26.2 Å². The molecule has 0 saturated heterocycles. The van der Waals surface area contributed by atoms with E-state index in [9.17, 15) is 0 Å². The maximum Gasteiger partial charge on any atom is 0.279 e.